The summed E-state index contributed by atoms with van der Waals surface area (Å²) < 4.78 is 17.8. The second-order valence-electron chi connectivity index (χ2n) is 3.41. The molecule has 7 heteroatoms. The first-order valence-corrected chi connectivity index (χ1v) is 5.87. The molecule has 0 atom stereocenters. The maximum absolute atomic E-state index is 13.1. The van der Waals surface area contributed by atoms with Gasteiger partial charge in [-0.1, -0.05) is 23.2 Å². The fourth-order valence-electron chi connectivity index (χ4n) is 1.26. The van der Waals surface area contributed by atoms with Gasteiger partial charge in [-0.25, -0.2) is 9.37 Å². The van der Waals surface area contributed by atoms with Crippen molar-refractivity contribution in [2.75, 3.05) is 6.61 Å². The highest BCUT2D eigenvalue weighted by atomic mass is 35.5. The molecular formula is C11H10Cl2FNO3. The van der Waals surface area contributed by atoms with Gasteiger partial charge in [-0.05, 0) is 18.6 Å². The van der Waals surface area contributed by atoms with Crippen LogP contribution in [0.1, 0.15) is 18.9 Å². The van der Waals surface area contributed by atoms with Crippen LogP contribution in [-0.4, -0.2) is 23.3 Å². The maximum atomic E-state index is 13.1. The first-order valence-electron chi connectivity index (χ1n) is 5.11. The summed E-state index contributed by atoms with van der Waals surface area (Å²) in [5.74, 6) is -1.82. The molecule has 1 aromatic heterocycles. The van der Waals surface area contributed by atoms with E-state index in [-0.39, 0.29) is 35.3 Å². The number of hydrogen-bond acceptors (Lipinski definition) is 4. The summed E-state index contributed by atoms with van der Waals surface area (Å²) in [6, 6.07) is 1.03. The Labute approximate surface area is 113 Å². The van der Waals surface area contributed by atoms with Crippen molar-refractivity contribution in [3.8, 4) is 0 Å². The number of ether oxygens (including phenoxy) is 1. The quantitative estimate of drug-likeness (QED) is 0.476. The molecule has 0 fully saturated rings. The van der Waals surface area contributed by atoms with Gasteiger partial charge >= 0.3 is 5.97 Å². The summed E-state index contributed by atoms with van der Waals surface area (Å²) in [5, 5.41) is -0.416. The Morgan fingerprint density at radius 1 is 1.39 bits per heavy atom. The molecule has 0 unspecified atom stereocenters. The van der Waals surface area contributed by atoms with E-state index in [2.05, 4.69) is 9.72 Å². The third-order valence-corrected chi connectivity index (χ3v) is 2.59. The molecule has 1 aromatic rings. The van der Waals surface area contributed by atoms with Crippen molar-refractivity contribution in [2.24, 2.45) is 0 Å². The van der Waals surface area contributed by atoms with Crippen LogP contribution in [0.5, 0.6) is 0 Å². The van der Waals surface area contributed by atoms with Crippen LogP contribution in [0.25, 0.3) is 0 Å². The zero-order valence-corrected chi connectivity index (χ0v) is 11.0. The number of pyridine rings is 1. The van der Waals surface area contributed by atoms with E-state index in [0.29, 0.717) is 0 Å². The van der Waals surface area contributed by atoms with Gasteiger partial charge in [-0.2, -0.15) is 0 Å². The molecule has 0 saturated carbocycles. The van der Waals surface area contributed by atoms with E-state index < -0.39 is 17.6 Å². The molecular weight excluding hydrogens is 284 g/mol. The molecule has 98 valence electrons. The third-order valence-electron chi connectivity index (χ3n) is 1.99. The van der Waals surface area contributed by atoms with Crippen LogP contribution in [0.3, 0.4) is 0 Å². The molecule has 0 N–H and O–H groups in total. The van der Waals surface area contributed by atoms with Crippen LogP contribution < -0.4 is 0 Å². The van der Waals surface area contributed by atoms with E-state index in [0.717, 1.165) is 6.07 Å². The molecule has 1 heterocycles. The van der Waals surface area contributed by atoms with E-state index in [9.17, 15) is 14.0 Å². The Kier molecular flexibility index (Phi) is 5.50. The zero-order chi connectivity index (χ0) is 13.7. The number of nitrogens with zero attached hydrogens (tertiary/aromatic N) is 1. The van der Waals surface area contributed by atoms with Crippen LogP contribution in [0.2, 0.25) is 10.3 Å². The number of ketones is 1. The minimum absolute atomic E-state index is 0.0568. The van der Waals surface area contributed by atoms with Crippen LogP contribution >= 0.6 is 23.2 Å². The predicted molar refractivity (Wildman–Crippen MR) is 64.2 cm³/mol. The molecule has 0 aliphatic carbocycles. The number of halogens is 3. The van der Waals surface area contributed by atoms with Crippen molar-refractivity contribution in [1.29, 1.82) is 0 Å². The Hall–Kier alpha value is -1.20. The average Bonchev–Trinajstić information content (AvgIpc) is 2.26. The number of aromatic nitrogens is 1. The first-order chi connectivity index (χ1) is 8.43. The van der Waals surface area contributed by atoms with Crippen molar-refractivity contribution in [1.82, 2.24) is 4.98 Å². The van der Waals surface area contributed by atoms with Gasteiger partial charge in [-0.3, -0.25) is 9.59 Å². The molecule has 4 nitrogen and oxygen atoms in total. The van der Waals surface area contributed by atoms with Crippen molar-refractivity contribution in [2.45, 2.75) is 19.8 Å². The molecule has 18 heavy (non-hydrogen) atoms. The van der Waals surface area contributed by atoms with Crippen molar-refractivity contribution < 1.29 is 18.7 Å². The summed E-state index contributed by atoms with van der Waals surface area (Å²) >= 11 is 11.1. The Morgan fingerprint density at radius 2 is 2.06 bits per heavy atom. The summed E-state index contributed by atoms with van der Waals surface area (Å²) in [6.07, 6.45) is -0.576. The van der Waals surface area contributed by atoms with E-state index in [4.69, 9.17) is 23.2 Å². The minimum Gasteiger partial charge on any atom is -0.466 e. The molecule has 0 radical (unpaired) electrons. The highest BCUT2D eigenvalue weighted by molar-refractivity contribution is 6.33. The van der Waals surface area contributed by atoms with Gasteiger partial charge in [0, 0.05) is 6.42 Å². The Balaban J connectivity index is 2.70. The van der Waals surface area contributed by atoms with Crippen LogP contribution in [-0.2, 0) is 20.7 Å². The predicted octanol–water partition coefficient (Wildman–Crippen LogP) is 2.59. The van der Waals surface area contributed by atoms with Gasteiger partial charge in [0.1, 0.15) is 17.4 Å². The van der Waals surface area contributed by atoms with Crippen LogP contribution in [0.4, 0.5) is 4.39 Å². The van der Waals surface area contributed by atoms with Crippen molar-refractivity contribution >= 4 is 35.0 Å². The Morgan fingerprint density at radius 3 is 2.67 bits per heavy atom. The minimum atomic E-state index is -0.764. The van der Waals surface area contributed by atoms with Gasteiger partial charge in [0.15, 0.2) is 11.0 Å². The first kappa shape index (κ1) is 14.9. The smallest absolute Gasteiger partial charge is 0.313 e. The number of Topliss-reactive ketones (excluding diaryl/α,β-unsaturated/α-hetero) is 1. The van der Waals surface area contributed by atoms with E-state index >= 15 is 0 Å². The molecule has 0 aliphatic rings. The molecule has 0 bridgehead atoms. The monoisotopic (exact) mass is 293 g/mol. The van der Waals surface area contributed by atoms with Crippen LogP contribution in [0.15, 0.2) is 6.07 Å². The number of esters is 1. The molecule has 0 saturated heterocycles. The van der Waals surface area contributed by atoms with E-state index in [1.165, 1.54) is 0 Å². The van der Waals surface area contributed by atoms with Gasteiger partial charge < -0.3 is 4.74 Å². The third kappa shape index (κ3) is 4.23. The van der Waals surface area contributed by atoms with Crippen LogP contribution in [0, 0.1) is 5.82 Å². The van der Waals surface area contributed by atoms with Crippen molar-refractivity contribution in [3.05, 3.63) is 27.8 Å². The standard InChI is InChI=1S/C11H10Cl2FNO3/c1-2-18-9(17)5-7(16)3-6-4-8(14)11(13)15-10(6)12/h4H,2-3,5H2,1H3. The second-order valence-corrected chi connectivity index (χ2v) is 4.12. The van der Waals surface area contributed by atoms with Gasteiger partial charge in [-0.15, -0.1) is 0 Å². The lowest BCUT2D eigenvalue weighted by Crippen LogP contribution is -2.13. The Bertz CT molecular complexity index is 480. The van der Waals surface area contributed by atoms with Crippen molar-refractivity contribution in [3.63, 3.8) is 0 Å². The van der Waals surface area contributed by atoms with Gasteiger partial charge in [0.05, 0.1) is 6.61 Å². The maximum Gasteiger partial charge on any atom is 0.313 e. The lowest BCUT2D eigenvalue weighted by molar-refractivity contribution is -0.145. The van der Waals surface area contributed by atoms with E-state index in [1.54, 1.807) is 6.92 Å². The van der Waals surface area contributed by atoms with Gasteiger partial charge in [0.25, 0.3) is 0 Å². The fourth-order valence-corrected chi connectivity index (χ4v) is 1.64. The molecule has 0 amide bonds. The lowest BCUT2D eigenvalue weighted by atomic mass is 10.1. The van der Waals surface area contributed by atoms with E-state index in [1.807, 2.05) is 0 Å². The summed E-state index contributed by atoms with van der Waals surface area (Å²) in [4.78, 5) is 26.1. The topological polar surface area (TPSA) is 56.3 Å². The molecule has 0 aliphatic heterocycles. The highest BCUT2D eigenvalue weighted by Gasteiger charge is 2.15. The molecule has 0 spiro atoms. The highest BCUT2D eigenvalue weighted by Crippen LogP contribution is 2.21. The molecule has 1 rings (SSSR count). The number of rotatable bonds is 5. The number of carbonyl (C=O) groups excluding carboxylic acids is 2. The average molecular weight is 294 g/mol. The summed E-state index contributed by atoms with van der Waals surface area (Å²) in [5.41, 5.74) is 0.188. The fraction of sp³-hybridized carbons (Fsp3) is 0.364. The largest absolute Gasteiger partial charge is 0.466 e. The second kappa shape index (κ2) is 6.66. The lowest BCUT2D eigenvalue weighted by Gasteiger charge is -2.04. The zero-order valence-electron chi connectivity index (χ0n) is 9.50. The molecule has 0 aromatic carbocycles. The summed E-state index contributed by atoms with van der Waals surface area (Å²) in [7, 11) is 0. The number of hydrogen-bond donors (Lipinski definition) is 0. The summed E-state index contributed by atoms with van der Waals surface area (Å²) in [6.45, 7) is 1.84. The normalized spacial score (nSPS) is 10.2. The van der Waals surface area contributed by atoms with Gasteiger partial charge in [0.2, 0.25) is 0 Å². The SMILES string of the molecule is CCOC(=O)CC(=O)Cc1cc(F)c(Cl)nc1Cl. The number of carbonyl (C=O) groups is 2.